The van der Waals surface area contributed by atoms with Crippen LogP contribution < -0.4 is 11.1 Å². The second-order valence-corrected chi connectivity index (χ2v) is 5.34. The minimum atomic E-state index is -0.386. The lowest BCUT2D eigenvalue weighted by molar-refractivity contribution is -0.122. The zero-order valence-electron chi connectivity index (χ0n) is 9.36. The Kier molecular flexibility index (Phi) is 7.40. The van der Waals surface area contributed by atoms with Gasteiger partial charge < -0.3 is 11.1 Å². The number of nitrogens with two attached hydrogens (primary N) is 1. The molecule has 0 saturated heterocycles. The summed E-state index contributed by atoms with van der Waals surface area (Å²) in [5.41, 5.74) is 5.51. The first-order valence-electron chi connectivity index (χ1n) is 5.32. The van der Waals surface area contributed by atoms with Crippen LogP contribution in [0.15, 0.2) is 0 Å². The predicted octanol–water partition coefficient (Wildman–Crippen LogP) is 1.55. The highest BCUT2D eigenvalue weighted by atomic mass is 35.5. The van der Waals surface area contributed by atoms with E-state index in [1.54, 1.807) is 6.92 Å². The average Bonchev–Trinajstić information content (AvgIpc) is 2.53. The molecule has 1 amide bonds. The maximum atomic E-state index is 11.4. The molecule has 0 aliphatic heterocycles. The van der Waals surface area contributed by atoms with Crippen molar-refractivity contribution in [3.8, 4) is 0 Å². The van der Waals surface area contributed by atoms with Gasteiger partial charge in [-0.3, -0.25) is 4.79 Å². The van der Waals surface area contributed by atoms with Crippen LogP contribution in [-0.2, 0) is 4.79 Å². The minimum Gasteiger partial charge on any atom is -0.351 e. The van der Waals surface area contributed by atoms with Gasteiger partial charge in [-0.05, 0) is 25.5 Å². The van der Waals surface area contributed by atoms with Crippen LogP contribution in [0.5, 0.6) is 0 Å². The number of carbonyl (C=O) groups is 1. The smallest absolute Gasteiger partial charge is 0.236 e. The summed E-state index contributed by atoms with van der Waals surface area (Å²) in [4.78, 5) is 11.4. The van der Waals surface area contributed by atoms with Crippen LogP contribution in [0.3, 0.4) is 0 Å². The molecule has 0 aromatic rings. The van der Waals surface area contributed by atoms with Gasteiger partial charge in [-0.1, -0.05) is 13.3 Å². The lowest BCUT2D eigenvalue weighted by atomic mass is 10.2. The van der Waals surface area contributed by atoms with E-state index in [0.29, 0.717) is 11.3 Å². The molecule has 0 aromatic heterocycles. The van der Waals surface area contributed by atoms with Crippen LogP contribution in [0.25, 0.3) is 0 Å². The van der Waals surface area contributed by atoms with Gasteiger partial charge in [-0.15, -0.1) is 12.4 Å². The maximum absolute atomic E-state index is 11.4. The first-order valence-corrected chi connectivity index (χ1v) is 6.37. The molecule has 0 spiro atoms. The van der Waals surface area contributed by atoms with Crippen molar-refractivity contribution >= 4 is 30.1 Å². The van der Waals surface area contributed by atoms with E-state index in [1.807, 2.05) is 11.8 Å². The molecule has 0 heterocycles. The summed E-state index contributed by atoms with van der Waals surface area (Å²) in [6, 6.07) is -0.0404. The Morgan fingerprint density at radius 1 is 1.60 bits per heavy atom. The predicted molar refractivity (Wildman–Crippen MR) is 68.6 cm³/mol. The number of carbonyl (C=O) groups excluding carboxylic acids is 1. The van der Waals surface area contributed by atoms with E-state index in [1.165, 1.54) is 12.8 Å². The first kappa shape index (κ1) is 15.1. The third kappa shape index (κ3) is 4.62. The summed E-state index contributed by atoms with van der Waals surface area (Å²) in [7, 11) is 0. The zero-order chi connectivity index (χ0) is 10.6. The molecule has 1 aliphatic rings. The largest absolute Gasteiger partial charge is 0.351 e. The topological polar surface area (TPSA) is 55.1 Å². The van der Waals surface area contributed by atoms with Crippen LogP contribution in [0.4, 0.5) is 0 Å². The third-order valence-electron chi connectivity index (χ3n) is 2.57. The molecule has 3 atom stereocenters. The van der Waals surface area contributed by atoms with Gasteiger partial charge in [0.25, 0.3) is 0 Å². The Bertz CT molecular complexity index is 202. The van der Waals surface area contributed by atoms with Crippen molar-refractivity contribution in [3.05, 3.63) is 0 Å². The molecule has 1 aliphatic carbocycles. The summed E-state index contributed by atoms with van der Waals surface area (Å²) in [5, 5.41) is 3.63. The molecule has 1 saturated carbocycles. The normalized spacial score (nSPS) is 26.9. The number of hydrogen-bond donors (Lipinski definition) is 2. The molecule has 0 bridgehead atoms. The van der Waals surface area contributed by atoms with Gasteiger partial charge in [0.2, 0.25) is 5.91 Å². The SMILES string of the molecule is CCSC1CCCC1NC(=O)[C@H](C)N.Cl. The van der Waals surface area contributed by atoms with Crippen molar-refractivity contribution in [3.63, 3.8) is 0 Å². The summed E-state index contributed by atoms with van der Waals surface area (Å²) in [6.07, 6.45) is 3.56. The average molecular weight is 253 g/mol. The van der Waals surface area contributed by atoms with Gasteiger partial charge in [0.1, 0.15) is 0 Å². The monoisotopic (exact) mass is 252 g/mol. The van der Waals surface area contributed by atoms with Gasteiger partial charge in [0.05, 0.1) is 6.04 Å². The number of rotatable bonds is 4. The number of halogens is 1. The molecular weight excluding hydrogens is 232 g/mol. The van der Waals surface area contributed by atoms with Crippen LogP contribution >= 0.6 is 24.2 Å². The fourth-order valence-corrected chi connectivity index (χ4v) is 3.02. The molecule has 5 heteroatoms. The number of amides is 1. The number of thioether (sulfide) groups is 1. The molecule has 1 rings (SSSR count). The highest BCUT2D eigenvalue weighted by Gasteiger charge is 2.28. The fourth-order valence-electron chi connectivity index (χ4n) is 1.82. The van der Waals surface area contributed by atoms with Crippen molar-refractivity contribution in [1.82, 2.24) is 5.32 Å². The van der Waals surface area contributed by atoms with Gasteiger partial charge >= 0.3 is 0 Å². The molecule has 1 fully saturated rings. The Labute approximate surface area is 102 Å². The second kappa shape index (κ2) is 7.36. The second-order valence-electron chi connectivity index (χ2n) is 3.83. The van der Waals surface area contributed by atoms with E-state index in [9.17, 15) is 4.79 Å². The zero-order valence-corrected chi connectivity index (χ0v) is 11.0. The van der Waals surface area contributed by atoms with E-state index in [2.05, 4.69) is 12.2 Å². The Balaban J connectivity index is 0.00000196. The maximum Gasteiger partial charge on any atom is 0.236 e. The number of hydrogen-bond acceptors (Lipinski definition) is 3. The van der Waals surface area contributed by atoms with Gasteiger partial charge in [-0.2, -0.15) is 11.8 Å². The van der Waals surface area contributed by atoms with Crippen molar-refractivity contribution in [1.29, 1.82) is 0 Å². The minimum absolute atomic E-state index is 0. The first-order chi connectivity index (χ1) is 6.65. The van der Waals surface area contributed by atoms with Crippen LogP contribution in [0.2, 0.25) is 0 Å². The van der Waals surface area contributed by atoms with Crippen molar-refractivity contribution in [2.45, 2.75) is 50.4 Å². The van der Waals surface area contributed by atoms with Crippen molar-refractivity contribution in [2.24, 2.45) is 5.73 Å². The Hall–Kier alpha value is 0.0700. The summed E-state index contributed by atoms with van der Waals surface area (Å²) >= 11 is 1.95. The van der Waals surface area contributed by atoms with Crippen LogP contribution in [0, 0.1) is 0 Å². The Morgan fingerprint density at radius 2 is 2.27 bits per heavy atom. The summed E-state index contributed by atoms with van der Waals surface area (Å²) < 4.78 is 0. The summed E-state index contributed by atoms with van der Waals surface area (Å²) in [5.74, 6) is 1.11. The molecule has 0 radical (unpaired) electrons. The Morgan fingerprint density at radius 3 is 2.80 bits per heavy atom. The van der Waals surface area contributed by atoms with E-state index >= 15 is 0 Å². The highest BCUT2D eigenvalue weighted by Crippen LogP contribution is 2.29. The van der Waals surface area contributed by atoms with Gasteiger partial charge in [0, 0.05) is 11.3 Å². The fraction of sp³-hybridized carbons (Fsp3) is 0.900. The summed E-state index contributed by atoms with van der Waals surface area (Å²) in [6.45, 7) is 3.89. The molecule has 90 valence electrons. The van der Waals surface area contributed by atoms with Crippen LogP contribution in [0.1, 0.15) is 33.1 Å². The standard InChI is InChI=1S/C10H20N2OS.ClH/c1-3-14-9-6-4-5-8(9)12-10(13)7(2)11;/h7-9H,3-6,11H2,1-2H3,(H,12,13);1H/t7-,8?,9?;/m0./s1. The van der Waals surface area contributed by atoms with Gasteiger partial charge in [0.15, 0.2) is 0 Å². The van der Waals surface area contributed by atoms with E-state index in [4.69, 9.17) is 5.73 Å². The van der Waals surface area contributed by atoms with Crippen molar-refractivity contribution in [2.75, 3.05) is 5.75 Å². The molecule has 2 unspecified atom stereocenters. The lowest BCUT2D eigenvalue weighted by Crippen LogP contribution is -2.46. The van der Waals surface area contributed by atoms with Crippen LogP contribution in [-0.4, -0.2) is 29.0 Å². The molecule has 15 heavy (non-hydrogen) atoms. The number of nitrogens with one attached hydrogen (secondary N) is 1. The molecule has 0 aromatic carbocycles. The molecular formula is C10H21ClN2OS. The molecule has 3 nitrogen and oxygen atoms in total. The van der Waals surface area contributed by atoms with E-state index in [-0.39, 0.29) is 24.4 Å². The van der Waals surface area contributed by atoms with Crippen molar-refractivity contribution < 1.29 is 4.79 Å². The van der Waals surface area contributed by atoms with Gasteiger partial charge in [-0.25, -0.2) is 0 Å². The van der Waals surface area contributed by atoms with E-state index < -0.39 is 0 Å². The molecule has 3 N–H and O–H groups in total. The highest BCUT2D eigenvalue weighted by molar-refractivity contribution is 7.99. The third-order valence-corrected chi connectivity index (χ3v) is 3.90. The lowest BCUT2D eigenvalue weighted by Gasteiger charge is -2.21. The van der Waals surface area contributed by atoms with E-state index in [0.717, 1.165) is 12.2 Å². The quantitative estimate of drug-likeness (QED) is 0.798.